The minimum absolute atomic E-state index is 0.0292. The lowest BCUT2D eigenvalue weighted by Crippen LogP contribution is -2.33. The molecule has 0 aliphatic rings. The fraction of sp³-hybridized carbons (Fsp3) is 0.381. The van der Waals surface area contributed by atoms with Gasteiger partial charge in [0.25, 0.3) is 0 Å². The monoisotopic (exact) mass is 358 g/mol. The zero-order valence-corrected chi connectivity index (χ0v) is 16.3. The van der Waals surface area contributed by atoms with E-state index in [4.69, 9.17) is 11.6 Å². The van der Waals surface area contributed by atoms with Crippen LogP contribution >= 0.6 is 11.6 Å². The van der Waals surface area contributed by atoms with Crippen molar-refractivity contribution >= 4 is 23.2 Å². The highest BCUT2D eigenvalue weighted by molar-refractivity contribution is 6.17. The Morgan fingerprint density at radius 1 is 1.12 bits per heavy atom. The topological polar surface area (TPSA) is 32.3 Å². The average molecular weight is 359 g/mol. The van der Waals surface area contributed by atoms with Crippen LogP contribution in [0, 0.1) is 13.8 Å². The van der Waals surface area contributed by atoms with E-state index < -0.39 is 0 Å². The summed E-state index contributed by atoms with van der Waals surface area (Å²) < 4.78 is 0. The molecule has 25 heavy (non-hydrogen) atoms. The van der Waals surface area contributed by atoms with Gasteiger partial charge < -0.3 is 5.32 Å². The van der Waals surface area contributed by atoms with Gasteiger partial charge in [0.15, 0.2) is 0 Å². The van der Waals surface area contributed by atoms with E-state index in [1.54, 1.807) is 0 Å². The normalized spacial score (nSPS) is 11.0. The third-order valence-electron chi connectivity index (χ3n) is 4.59. The number of hydrogen-bond donors (Lipinski definition) is 1. The van der Waals surface area contributed by atoms with Crippen molar-refractivity contribution < 1.29 is 4.79 Å². The van der Waals surface area contributed by atoms with Gasteiger partial charge in [-0.3, -0.25) is 9.69 Å². The van der Waals surface area contributed by atoms with Crippen molar-refractivity contribution in [2.24, 2.45) is 0 Å². The van der Waals surface area contributed by atoms with E-state index in [2.05, 4.69) is 55.3 Å². The lowest BCUT2D eigenvalue weighted by atomic mass is 9.95. The van der Waals surface area contributed by atoms with Crippen molar-refractivity contribution in [3.8, 4) is 11.1 Å². The van der Waals surface area contributed by atoms with Crippen LogP contribution in [0.4, 0.5) is 5.69 Å². The van der Waals surface area contributed by atoms with Crippen molar-refractivity contribution in [2.45, 2.75) is 33.6 Å². The van der Waals surface area contributed by atoms with Crippen LogP contribution < -0.4 is 5.32 Å². The Morgan fingerprint density at radius 3 is 2.48 bits per heavy atom. The summed E-state index contributed by atoms with van der Waals surface area (Å²) in [5, 5.41) is 3.11. The van der Waals surface area contributed by atoms with Gasteiger partial charge in [0.05, 0.1) is 6.54 Å². The van der Waals surface area contributed by atoms with Crippen molar-refractivity contribution in [1.29, 1.82) is 0 Å². The van der Waals surface area contributed by atoms with E-state index in [1.165, 1.54) is 0 Å². The number of alkyl halides is 1. The van der Waals surface area contributed by atoms with Crippen LogP contribution in [0.2, 0.25) is 0 Å². The standard InChI is InChI=1S/C21H27ClN2O/c1-5-24(6-2)14-20(25)23-21-15(3)10-11-19(16(21)4)18-9-7-8-17(12-18)13-22/h7-12H,5-6,13-14H2,1-4H3,(H,23,25). The number of amides is 1. The number of nitrogens with one attached hydrogen (secondary N) is 1. The van der Waals surface area contributed by atoms with E-state index in [1.807, 2.05) is 19.1 Å². The highest BCUT2D eigenvalue weighted by Crippen LogP contribution is 2.31. The van der Waals surface area contributed by atoms with Crippen LogP contribution in [-0.4, -0.2) is 30.4 Å². The van der Waals surface area contributed by atoms with Gasteiger partial charge in [-0.1, -0.05) is 44.2 Å². The molecule has 0 atom stereocenters. The van der Waals surface area contributed by atoms with Gasteiger partial charge in [0, 0.05) is 11.6 Å². The SMILES string of the molecule is CCN(CC)CC(=O)Nc1c(C)ccc(-c2cccc(CCl)c2)c1C. The zero-order valence-electron chi connectivity index (χ0n) is 15.5. The first kappa shape index (κ1) is 19.5. The first-order chi connectivity index (χ1) is 12.0. The van der Waals surface area contributed by atoms with Gasteiger partial charge in [0.1, 0.15) is 0 Å². The van der Waals surface area contributed by atoms with E-state index in [0.29, 0.717) is 12.4 Å². The van der Waals surface area contributed by atoms with Crippen LogP contribution in [0.3, 0.4) is 0 Å². The van der Waals surface area contributed by atoms with Crippen LogP contribution in [0.25, 0.3) is 11.1 Å². The zero-order chi connectivity index (χ0) is 18.4. The summed E-state index contributed by atoms with van der Waals surface area (Å²) in [5.74, 6) is 0.521. The molecule has 0 radical (unpaired) electrons. The van der Waals surface area contributed by atoms with Gasteiger partial charge in [-0.2, -0.15) is 0 Å². The number of nitrogens with zero attached hydrogens (tertiary/aromatic N) is 1. The van der Waals surface area contributed by atoms with Crippen molar-refractivity contribution in [3.05, 3.63) is 53.1 Å². The number of likely N-dealkylation sites (N-methyl/N-ethyl adjacent to an activating group) is 1. The van der Waals surface area contributed by atoms with Crippen LogP contribution in [-0.2, 0) is 10.7 Å². The fourth-order valence-electron chi connectivity index (χ4n) is 3.00. The summed E-state index contributed by atoms with van der Waals surface area (Å²) in [6.45, 7) is 10.4. The predicted octanol–water partition coefficient (Wildman–Crippen LogP) is 4.99. The summed E-state index contributed by atoms with van der Waals surface area (Å²) in [7, 11) is 0. The Balaban J connectivity index is 2.32. The molecule has 0 aliphatic heterocycles. The molecule has 0 bridgehead atoms. The Morgan fingerprint density at radius 2 is 1.84 bits per heavy atom. The third kappa shape index (κ3) is 4.83. The highest BCUT2D eigenvalue weighted by Gasteiger charge is 2.14. The van der Waals surface area contributed by atoms with Crippen molar-refractivity contribution in [2.75, 3.05) is 25.0 Å². The molecule has 4 heteroatoms. The Kier molecular flexibility index (Phi) is 7.03. The number of hydrogen-bond acceptors (Lipinski definition) is 2. The number of anilines is 1. The molecule has 0 saturated heterocycles. The summed E-state index contributed by atoms with van der Waals surface area (Å²) >= 11 is 5.97. The Bertz CT molecular complexity index is 739. The number of halogens is 1. The molecule has 134 valence electrons. The molecule has 1 N–H and O–H groups in total. The van der Waals surface area contributed by atoms with E-state index in [9.17, 15) is 4.79 Å². The highest BCUT2D eigenvalue weighted by atomic mass is 35.5. The van der Waals surface area contributed by atoms with Crippen LogP contribution in [0.15, 0.2) is 36.4 Å². The quantitative estimate of drug-likeness (QED) is 0.707. The molecule has 1 amide bonds. The largest absolute Gasteiger partial charge is 0.324 e. The average Bonchev–Trinajstić information content (AvgIpc) is 2.63. The van der Waals surface area contributed by atoms with Gasteiger partial charge in [-0.15, -0.1) is 11.6 Å². The van der Waals surface area contributed by atoms with E-state index >= 15 is 0 Å². The minimum atomic E-state index is 0.0292. The summed E-state index contributed by atoms with van der Waals surface area (Å²) in [5.41, 5.74) is 6.39. The molecular formula is C21H27ClN2O. The number of benzene rings is 2. The van der Waals surface area contributed by atoms with Gasteiger partial charge in [-0.25, -0.2) is 0 Å². The summed E-state index contributed by atoms with van der Waals surface area (Å²) in [6, 6.07) is 12.4. The molecule has 2 aromatic rings. The molecule has 0 aromatic heterocycles. The molecule has 0 fully saturated rings. The maximum absolute atomic E-state index is 12.4. The van der Waals surface area contributed by atoms with Gasteiger partial charge in [-0.05, 0) is 60.8 Å². The molecule has 3 nitrogen and oxygen atoms in total. The maximum atomic E-state index is 12.4. The van der Waals surface area contributed by atoms with Crippen molar-refractivity contribution in [3.63, 3.8) is 0 Å². The molecular weight excluding hydrogens is 332 g/mol. The number of aryl methyl sites for hydroxylation is 1. The smallest absolute Gasteiger partial charge is 0.238 e. The first-order valence-electron chi connectivity index (χ1n) is 8.77. The molecule has 0 aliphatic carbocycles. The second-order valence-electron chi connectivity index (χ2n) is 6.27. The second kappa shape index (κ2) is 9.02. The second-order valence-corrected chi connectivity index (χ2v) is 6.54. The maximum Gasteiger partial charge on any atom is 0.238 e. The molecule has 0 spiro atoms. The molecule has 2 rings (SSSR count). The summed E-state index contributed by atoms with van der Waals surface area (Å²) in [6.07, 6.45) is 0. The van der Waals surface area contributed by atoms with E-state index in [-0.39, 0.29) is 5.91 Å². The van der Waals surface area contributed by atoms with E-state index in [0.717, 1.165) is 46.6 Å². The molecule has 0 unspecified atom stereocenters. The third-order valence-corrected chi connectivity index (χ3v) is 4.90. The lowest BCUT2D eigenvalue weighted by Gasteiger charge is -2.20. The van der Waals surface area contributed by atoms with Crippen molar-refractivity contribution in [1.82, 2.24) is 4.90 Å². The molecule has 2 aromatic carbocycles. The molecule has 0 heterocycles. The number of rotatable bonds is 7. The molecule has 0 saturated carbocycles. The predicted molar refractivity (Wildman–Crippen MR) is 107 cm³/mol. The minimum Gasteiger partial charge on any atom is -0.324 e. The fourth-order valence-corrected chi connectivity index (χ4v) is 3.17. The van der Waals surface area contributed by atoms with Crippen LogP contribution in [0.1, 0.15) is 30.5 Å². The number of carbonyl (C=O) groups is 1. The first-order valence-corrected chi connectivity index (χ1v) is 9.31. The Labute approximate surface area is 156 Å². The van der Waals surface area contributed by atoms with Gasteiger partial charge in [0.2, 0.25) is 5.91 Å². The van der Waals surface area contributed by atoms with Gasteiger partial charge >= 0.3 is 0 Å². The summed E-state index contributed by atoms with van der Waals surface area (Å²) in [4.78, 5) is 14.5. The van der Waals surface area contributed by atoms with Crippen LogP contribution in [0.5, 0.6) is 0 Å². The lowest BCUT2D eigenvalue weighted by molar-refractivity contribution is -0.117. The Hall–Kier alpha value is -1.84. The number of carbonyl (C=O) groups excluding carboxylic acids is 1.